The first-order valence-corrected chi connectivity index (χ1v) is 6.39. The predicted molar refractivity (Wildman–Crippen MR) is 73.4 cm³/mol. The van der Waals surface area contributed by atoms with Gasteiger partial charge in [0, 0.05) is 24.8 Å². The third kappa shape index (κ3) is 3.05. The molecule has 0 bridgehead atoms. The highest BCUT2D eigenvalue weighted by Crippen LogP contribution is 2.24. The van der Waals surface area contributed by atoms with Gasteiger partial charge in [-0.25, -0.2) is 0 Å². The van der Waals surface area contributed by atoms with E-state index in [0.29, 0.717) is 0 Å². The Morgan fingerprint density at radius 3 is 2.85 bits per heavy atom. The summed E-state index contributed by atoms with van der Waals surface area (Å²) in [6, 6.07) is 4.11. The normalized spacial score (nSPS) is 21.6. The van der Waals surface area contributed by atoms with E-state index < -0.39 is 4.92 Å². The van der Waals surface area contributed by atoms with E-state index in [-0.39, 0.29) is 35.0 Å². The number of benzene rings is 1. The molecule has 3 N–H and O–H groups in total. The summed E-state index contributed by atoms with van der Waals surface area (Å²) in [7, 11) is 1.65. The van der Waals surface area contributed by atoms with Gasteiger partial charge in [-0.15, -0.1) is 0 Å². The van der Waals surface area contributed by atoms with Crippen molar-refractivity contribution >= 4 is 17.3 Å². The smallest absolute Gasteiger partial charge is 0.292 e. The number of ether oxygens (including phenoxy) is 1. The van der Waals surface area contributed by atoms with Gasteiger partial charge in [-0.05, 0) is 31.4 Å². The Balaban J connectivity index is 2.06. The number of nitrogens with one attached hydrogen (secondary N) is 1. The van der Waals surface area contributed by atoms with Crippen LogP contribution >= 0.6 is 0 Å². The lowest BCUT2D eigenvalue weighted by atomic mass is 10.1. The van der Waals surface area contributed by atoms with Crippen LogP contribution in [0.5, 0.6) is 0 Å². The first-order valence-electron chi connectivity index (χ1n) is 6.39. The number of amides is 1. The summed E-state index contributed by atoms with van der Waals surface area (Å²) in [6.45, 7) is 0. The second-order valence-corrected chi connectivity index (χ2v) is 4.87. The average Bonchev–Trinajstić information content (AvgIpc) is 2.86. The van der Waals surface area contributed by atoms with Gasteiger partial charge in [0.15, 0.2) is 0 Å². The summed E-state index contributed by atoms with van der Waals surface area (Å²) in [5.41, 5.74) is 5.54. The van der Waals surface area contributed by atoms with Crippen LogP contribution < -0.4 is 11.1 Å². The van der Waals surface area contributed by atoms with Crippen LogP contribution in [0.2, 0.25) is 0 Å². The number of hydrogen-bond donors (Lipinski definition) is 2. The molecule has 1 saturated carbocycles. The van der Waals surface area contributed by atoms with Crippen molar-refractivity contribution in [3.05, 3.63) is 33.9 Å². The predicted octanol–water partition coefficient (Wildman–Crippen LogP) is 1.47. The molecule has 0 spiro atoms. The van der Waals surface area contributed by atoms with Crippen molar-refractivity contribution in [2.75, 3.05) is 12.8 Å². The van der Waals surface area contributed by atoms with E-state index in [9.17, 15) is 14.9 Å². The molecule has 1 amide bonds. The van der Waals surface area contributed by atoms with Crippen LogP contribution in [-0.4, -0.2) is 30.1 Å². The highest BCUT2D eigenvalue weighted by Gasteiger charge is 2.26. The zero-order chi connectivity index (χ0) is 14.7. The Kier molecular flexibility index (Phi) is 4.19. The van der Waals surface area contributed by atoms with Crippen LogP contribution in [0.3, 0.4) is 0 Å². The van der Waals surface area contributed by atoms with Crippen molar-refractivity contribution in [2.24, 2.45) is 0 Å². The number of carbonyl (C=O) groups excluding carboxylic acids is 1. The summed E-state index contributed by atoms with van der Waals surface area (Å²) in [5, 5.41) is 13.7. The fourth-order valence-electron chi connectivity index (χ4n) is 2.40. The number of nitro benzene ring substituents is 1. The maximum Gasteiger partial charge on any atom is 0.292 e. The minimum atomic E-state index is -0.595. The lowest BCUT2D eigenvalue weighted by Crippen LogP contribution is -2.33. The van der Waals surface area contributed by atoms with Gasteiger partial charge in [0.05, 0.1) is 11.0 Å². The number of nitrogens with two attached hydrogens (primary N) is 1. The van der Waals surface area contributed by atoms with Crippen molar-refractivity contribution < 1.29 is 14.5 Å². The number of nitrogens with zero attached hydrogens (tertiary/aromatic N) is 1. The summed E-state index contributed by atoms with van der Waals surface area (Å²) in [4.78, 5) is 22.3. The number of nitro groups is 1. The average molecular weight is 279 g/mol. The van der Waals surface area contributed by atoms with Crippen LogP contribution in [0, 0.1) is 10.1 Å². The minimum absolute atomic E-state index is 0.0454. The van der Waals surface area contributed by atoms with Gasteiger partial charge in [0.1, 0.15) is 5.69 Å². The summed E-state index contributed by atoms with van der Waals surface area (Å²) >= 11 is 0. The first-order chi connectivity index (χ1) is 9.51. The monoisotopic (exact) mass is 279 g/mol. The Labute approximate surface area is 116 Å². The second kappa shape index (κ2) is 5.87. The molecule has 108 valence electrons. The van der Waals surface area contributed by atoms with E-state index >= 15 is 0 Å². The molecule has 2 atom stereocenters. The molecule has 1 aromatic carbocycles. The zero-order valence-corrected chi connectivity index (χ0v) is 11.2. The van der Waals surface area contributed by atoms with Gasteiger partial charge in [-0.1, -0.05) is 0 Å². The SMILES string of the molecule is COC1CCC(NC(=O)c2ccc(N)c([N+](=O)[O-])c2)C1. The summed E-state index contributed by atoms with van der Waals surface area (Å²) < 4.78 is 5.24. The lowest BCUT2D eigenvalue weighted by molar-refractivity contribution is -0.383. The van der Waals surface area contributed by atoms with Crippen LogP contribution in [0.1, 0.15) is 29.6 Å². The molecule has 0 radical (unpaired) electrons. The fraction of sp³-hybridized carbons (Fsp3) is 0.462. The van der Waals surface area contributed by atoms with Gasteiger partial charge < -0.3 is 15.8 Å². The maximum absolute atomic E-state index is 12.1. The second-order valence-electron chi connectivity index (χ2n) is 4.87. The first kappa shape index (κ1) is 14.3. The molecule has 1 aromatic rings. The third-order valence-electron chi connectivity index (χ3n) is 3.54. The van der Waals surface area contributed by atoms with Crippen LogP contribution in [-0.2, 0) is 4.74 Å². The van der Waals surface area contributed by atoms with E-state index in [4.69, 9.17) is 10.5 Å². The van der Waals surface area contributed by atoms with Gasteiger partial charge in [-0.3, -0.25) is 14.9 Å². The van der Waals surface area contributed by atoms with Crippen molar-refractivity contribution in [3.63, 3.8) is 0 Å². The van der Waals surface area contributed by atoms with Gasteiger partial charge in [0.25, 0.3) is 11.6 Å². The fourth-order valence-corrected chi connectivity index (χ4v) is 2.40. The molecule has 0 saturated heterocycles. The topological polar surface area (TPSA) is 107 Å². The number of carbonyl (C=O) groups is 1. The largest absolute Gasteiger partial charge is 0.393 e. The van der Waals surface area contributed by atoms with E-state index in [1.54, 1.807) is 7.11 Å². The Hall–Kier alpha value is -2.15. The van der Waals surface area contributed by atoms with Crippen LogP contribution in [0.4, 0.5) is 11.4 Å². The quantitative estimate of drug-likeness (QED) is 0.493. The van der Waals surface area contributed by atoms with Gasteiger partial charge in [0.2, 0.25) is 0 Å². The zero-order valence-electron chi connectivity index (χ0n) is 11.2. The highest BCUT2D eigenvalue weighted by atomic mass is 16.6. The molecule has 2 unspecified atom stereocenters. The maximum atomic E-state index is 12.1. The highest BCUT2D eigenvalue weighted by molar-refractivity contribution is 5.95. The summed E-state index contributed by atoms with van der Waals surface area (Å²) in [6.07, 6.45) is 2.69. The molecule has 1 aliphatic rings. The number of rotatable bonds is 4. The van der Waals surface area contributed by atoms with Gasteiger partial charge >= 0.3 is 0 Å². The molecular weight excluding hydrogens is 262 g/mol. The molecular formula is C13H17N3O4. The van der Waals surface area contributed by atoms with E-state index in [1.165, 1.54) is 18.2 Å². The van der Waals surface area contributed by atoms with Gasteiger partial charge in [-0.2, -0.15) is 0 Å². The molecule has 0 aliphatic heterocycles. The molecule has 1 fully saturated rings. The molecule has 7 nitrogen and oxygen atoms in total. The standard InChI is InChI=1S/C13H17N3O4/c1-20-10-4-3-9(7-10)15-13(17)8-2-5-11(14)12(6-8)16(18)19/h2,5-6,9-10H,3-4,7,14H2,1H3,(H,15,17). The van der Waals surface area contributed by atoms with Crippen LogP contribution in [0.25, 0.3) is 0 Å². The van der Waals surface area contributed by atoms with Crippen molar-refractivity contribution in [3.8, 4) is 0 Å². The Morgan fingerprint density at radius 2 is 2.25 bits per heavy atom. The molecule has 0 heterocycles. The molecule has 1 aliphatic carbocycles. The van der Waals surface area contributed by atoms with Crippen LogP contribution in [0.15, 0.2) is 18.2 Å². The number of hydrogen-bond acceptors (Lipinski definition) is 5. The number of anilines is 1. The molecule has 7 heteroatoms. The van der Waals surface area contributed by atoms with Crippen molar-refractivity contribution in [2.45, 2.75) is 31.4 Å². The van der Waals surface area contributed by atoms with E-state index in [2.05, 4.69) is 5.32 Å². The third-order valence-corrected chi connectivity index (χ3v) is 3.54. The summed E-state index contributed by atoms with van der Waals surface area (Å²) in [5.74, 6) is -0.324. The van der Waals surface area contributed by atoms with Crippen molar-refractivity contribution in [1.82, 2.24) is 5.32 Å². The lowest BCUT2D eigenvalue weighted by Gasteiger charge is -2.13. The number of nitrogen functional groups attached to an aromatic ring is 1. The minimum Gasteiger partial charge on any atom is -0.393 e. The Morgan fingerprint density at radius 1 is 1.50 bits per heavy atom. The Bertz CT molecular complexity index is 532. The van der Waals surface area contributed by atoms with Crippen molar-refractivity contribution in [1.29, 1.82) is 0 Å². The molecule has 2 rings (SSSR count). The molecule has 20 heavy (non-hydrogen) atoms. The molecule has 0 aromatic heterocycles. The van der Waals surface area contributed by atoms with E-state index in [0.717, 1.165) is 19.3 Å². The number of methoxy groups -OCH3 is 1. The van der Waals surface area contributed by atoms with E-state index in [1.807, 2.05) is 0 Å².